The highest BCUT2D eigenvalue weighted by atomic mass is 16.7. The summed E-state index contributed by atoms with van der Waals surface area (Å²) >= 11 is 0. The average molecular weight is 665 g/mol. The van der Waals surface area contributed by atoms with Gasteiger partial charge in [-0.15, -0.1) is 0 Å². The third-order valence-electron chi connectivity index (χ3n) is 9.48. The Hall–Kier alpha value is -4.25. The van der Waals surface area contributed by atoms with Crippen molar-refractivity contribution in [1.82, 2.24) is 0 Å². The molecule has 5 nitrogen and oxygen atoms in total. The van der Waals surface area contributed by atoms with Gasteiger partial charge in [-0.3, -0.25) is 0 Å². The smallest absolute Gasteiger partial charge is 0.507 e. The summed E-state index contributed by atoms with van der Waals surface area (Å²) in [6.07, 6.45) is 6.23. The molecule has 0 fully saturated rings. The van der Waals surface area contributed by atoms with Gasteiger partial charge in [0.15, 0.2) is 0 Å². The molecule has 2 N–H and O–H groups in total. The summed E-state index contributed by atoms with van der Waals surface area (Å²) in [7, 11) is 0. The van der Waals surface area contributed by atoms with Gasteiger partial charge in [-0.25, -0.2) is 4.79 Å². The van der Waals surface area contributed by atoms with Crippen LogP contribution in [0.3, 0.4) is 0 Å². The van der Waals surface area contributed by atoms with Gasteiger partial charge in [0.1, 0.15) is 23.0 Å². The van der Waals surface area contributed by atoms with Crippen LogP contribution in [-0.2, 0) is 10.8 Å². The molecule has 5 heteroatoms. The minimum Gasteiger partial charge on any atom is -0.507 e. The zero-order chi connectivity index (χ0) is 36.4. The molecule has 262 valence electrons. The van der Waals surface area contributed by atoms with Crippen molar-refractivity contribution in [2.45, 2.75) is 113 Å². The molecular formula is C44H56O5. The van der Waals surface area contributed by atoms with Crippen LogP contribution < -0.4 is 9.47 Å². The first kappa shape index (κ1) is 37.6. The second-order valence-corrected chi connectivity index (χ2v) is 15.9. The van der Waals surface area contributed by atoms with Crippen molar-refractivity contribution in [2.24, 2.45) is 11.8 Å². The lowest BCUT2D eigenvalue weighted by Crippen LogP contribution is -2.21. The fourth-order valence-corrected chi connectivity index (χ4v) is 7.75. The van der Waals surface area contributed by atoms with Gasteiger partial charge >= 0.3 is 6.16 Å². The molecule has 0 radical (unpaired) electrons. The number of ether oxygens (including phenoxy) is 2. The number of phenolic OH excluding ortho intramolecular Hbond substituents is 2. The van der Waals surface area contributed by atoms with Crippen molar-refractivity contribution in [3.05, 3.63) is 94.1 Å². The Labute approximate surface area is 293 Å². The predicted octanol–water partition coefficient (Wildman–Crippen LogP) is 12.5. The maximum absolute atomic E-state index is 13.9. The minimum atomic E-state index is -0.885. The van der Waals surface area contributed by atoms with E-state index >= 15 is 0 Å². The Bertz CT molecular complexity index is 1920. The van der Waals surface area contributed by atoms with E-state index in [0.717, 1.165) is 18.4 Å². The molecule has 0 spiro atoms. The highest BCUT2D eigenvalue weighted by molar-refractivity contribution is 5.99. The number of carbonyl (C=O) groups excluding carboxylic acids is 1. The van der Waals surface area contributed by atoms with Crippen LogP contribution in [0.25, 0.3) is 21.5 Å². The van der Waals surface area contributed by atoms with E-state index in [1.54, 1.807) is 0 Å². The molecule has 4 aromatic carbocycles. The van der Waals surface area contributed by atoms with Crippen molar-refractivity contribution in [3.63, 3.8) is 0 Å². The maximum Gasteiger partial charge on any atom is 0.519 e. The molecule has 49 heavy (non-hydrogen) atoms. The summed E-state index contributed by atoms with van der Waals surface area (Å²) < 4.78 is 12.3. The van der Waals surface area contributed by atoms with Crippen LogP contribution >= 0.6 is 0 Å². The standard InChI is InChI=1S/C44H56O5/c1-26(2)23-28(5)21-22-43(9,10)36-30(7)40(34-19-15-13-17-32(34)38(36)45)48-42(47)49-41-31(8)37(39(46)33-18-14-16-20-35(33)41)44(11,12)25-29(6)24-27(3)4/h13-21,25-27,45-46H,22-24H2,1-12H3/b28-21+,29-25+. The van der Waals surface area contributed by atoms with Crippen LogP contribution in [-0.4, -0.2) is 16.4 Å². The highest BCUT2D eigenvalue weighted by Gasteiger charge is 2.32. The summed E-state index contributed by atoms with van der Waals surface area (Å²) in [5.74, 6) is 2.14. The molecule has 0 aromatic heterocycles. The largest absolute Gasteiger partial charge is 0.519 e. The van der Waals surface area contributed by atoms with Crippen molar-refractivity contribution in [1.29, 1.82) is 0 Å². The SMILES string of the molecule is C/C(=C\CC(C)(C)c1c(C)c(OC(=O)Oc2c(C)c(C(C)(C)/C=C(\C)CC(C)C)c(O)c3ccccc23)c2ccccc2c1O)CC(C)C. The van der Waals surface area contributed by atoms with E-state index in [-0.39, 0.29) is 11.5 Å². The van der Waals surface area contributed by atoms with E-state index in [0.29, 0.717) is 68.0 Å². The molecule has 0 heterocycles. The third-order valence-corrected chi connectivity index (χ3v) is 9.48. The monoisotopic (exact) mass is 664 g/mol. The Morgan fingerprint density at radius 2 is 1.10 bits per heavy atom. The summed E-state index contributed by atoms with van der Waals surface area (Å²) in [6.45, 7) is 25.2. The molecule has 0 atom stereocenters. The van der Waals surface area contributed by atoms with Crippen molar-refractivity contribution >= 4 is 27.7 Å². The van der Waals surface area contributed by atoms with E-state index in [1.807, 2.05) is 62.4 Å². The fourth-order valence-electron chi connectivity index (χ4n) is 7.75. The van der Waals surface area contributed by atoms with Crippen LogP contribution in [0.4, 0.5) is 4.79 Å². The number of hydrogen-bond donors (Lipinski definition) is 2. The highest BCUT2D eigenvalue weighted by Crippen LogP contribution is 2.48. The predicted molar refractivity (Wildman–Crippen MR) is 204 cm³/mol. The lowest BCUT2D eigenvalue weighted by Gasteiger charge is -2.29. The second kappa shape index (κ2) is 14.7. The van der Waals surface area contributed by atoms with E-state index in [2.05, 4.69) is 81.4 Å². The maximum atomic E-state index is 13.9. The van der Waals surface area contributed by atoms with E-state index in [4.69, 9.17) is 9.47 Å². The Balaban J connectivity index is 1.82. The lowest BCUT2D eigenvalue weighted by molar-refractivity contribution is 0.152. The van der Waals surface area contributed by atoms with E-state index in [9.17, 15) is 15.0 Å². The topological polar surface area (TPSA) is 76.0 Å². The molecule has 0 saturated carbocycles. The van der Waals surface area contributed by atoms with Gasteiger partial charge in [-0.1, -0.05) is 127 Å². The molecule has 0 amide bonds. The van der Waals surface area contributed by atoms with Crippen molar-refractivity contribution in [3.8, 4) is 23.0 Å². The van der Waals surface area contributed by atoms with Gasteiger partial charge in [0.25, 0.3) is 0 Å². The Kier molecular flexibility index (Phi) is 11.3. The quantitative estimate of drug-likeness (QED) is 0.0948. The summed E-state index contributed by atoms with van der Waals surface area (Å²) in [6, 6.07) is 14.8. The zero-order valence-corrected chi connectivity index (χ0v) is 31.7. The number of aromatic hydroxyl groups is 2. The fraction of sp³-hybridized carbons (Fsp3) is 0.432. The van der Waals surface area contributed by atoms with Crippen LogP contribution in [0.15, 0.2) is 71.8 Å². The van der Waals surface area contributed by atoms with Crippen LogP contribution in [0, 0.1) is 25.7 Å². The number of hydrogen-bond acceptors (Lipinski definition) is 5. The molecule has 4 rings (SSSR count). The minimum absolute atomic E-state index is 0.178. The molecule has 0 unspecified atom stereocenters. The normalized spacial score (nSPS) is 13.2. The average Bonchev–Trinajstić information content (AvgIpc) is 2.99. The number of fused-ring (bicyclic) bond motifs is 2. The van der Waals surface area contributed by atoms with Crippen molar-refractivity contribution < 1.29 is 24.5 Å². The molecule has 4 aromatic rings. The van der Waals surface area contributed by atoms with Gasteiger partial charge in [0, 0.05) is 49.2 Å². The van der Waals surface area contributed by atoms with Gasteiger partial charge in [-0.05, 0) is 64.2 Å². The Morgan fingerprint density at radius 3 is 1.57 bits per heavy atom. The van der Waals surface area contributed by atoms with Gasteiger partial charge in [0.05, 0.1) is 0 Å². The zero-order valence-electron chi connectivity index (χ0n) is 31.7. The Morgan fingerprint density at radius 1 is 0.694 bits per heavy atom. The van der Waals surface area contributed by atoms with Gasteiger partial charge in [0.2, 0.25) is 0 Å². The number of allylic oxidation sites excluding steroid dienone is 4. The summed E-state index contributed by atoms with van der Waals surface area (Å²) in [5.41, 5.74) is 4.33. The first-order chi connectivity index (χ1) is 22.9. The lowest BCUT2D eigenvalue weighted by atomic mass is 9.76. The third kappa shape index (κ3) is 8.15. The number of carbonyl (C=O) groups is 1. The van der Waals surface area contributed by atoms with Crippen LogP contribution in [0.5, 0.6) is 23.0 Å². The van der Waals surface area contributed by atoms with Crippen LogP contribution in [0.2, 0.25) is 0 Å². The molecule has 0 aliphatic rings. The summed E-state index contributed by atoms with van der Waals surface area (Å²) in [4.78, 5) is 13.9. The van der Waals surface area contributed by atoms with Crippen molar-refractivity contribution in [2.75, 3.05) is 0 Å². The molecular weight excluding hydrogens is 608 g/mol. The first-order valence-corrected chi connectivity index (χ1v) is 17.6. The molecule has 0 bridgehead atoms. The molecule has 0 saturated heterocycles. The van der Waals surface area contributed by atoms with Gasteiger partial charge < -0.3 is 19.7 Å². The number of phenols is 2. The first-order valence-electron chi connectivity index (χ1n) is 17.6. The second-order valence-electron chi connectivity index (χ2n) is 15.9. The van der Waals surface area contributed by atoms with E-state index < -0.39 is 17.0 Å². The molecule has 0 aliphatic heterocycles. The number of rotatable bonds is 11. The van der Waals surface area contributed by atoms with Crippen LogP contribution in [0.1, 0.15) is 111 Å². The molecule has 0 aliphatic carbocycles. The summed E-state index contributed by atoms with van der Waals surface area (Å²) in [5, 5.41) is 25.7. The van der Waals surface area contributed by atoms with E-state index in [1.165, 1.54) is 11.1 Å². The van der Waals surface area contributed by atoms with Gasteiger partial charge in [-0.2, -0.15) is 0 Å². The number of benzene rings is 4.